The number of alkyl halides is 1. The quantitative estimate of drug-likeness (QED) is 0.768. The fourth-order valence-corrected chi connectivity index (χ4v) is 1.56. The topological polar surface area (TPSA) is 33.1 Å². The van der Waals surface area contributed by atoms with Gasteiger partial charge in [0.2, 0.25) is 0 Å². The number of aliphatic hydroxyl groups is 1. The van der Waals surface area contributed by atoms with Gasteiger partial charge in [0.25, 0.3) is 0 Å². The second-order valence-electron chi connectivity index (χ2n) is 3.13. The molecule has 0 bridgehead atoms. The monoisotopic (exact) mass is 207 g/mol. The van der Waals surface area contributed by atoms with E-state index in [0.717, 1.165) is 16.5 Å². The van der Waals surface area contributed by atoms with Crippen molar-refractivity contribution in [2.75, 3.05) is 5.88 Å². The number of halogens is 1. The molecule has 0 saturated carbocycles. The van der Waals surface area contributed by atoms with Gasteiger partial charge in [0.15, 0.2) is 0 Å². The van der Waals surface area contributed by atoms with Gasteiger partial charge >= 0.3 is 0 Å². The van der Waals surface area contributed by atoms with Crippen molar-refractivity contribution in [1.29, 1.82) is 0 Å². The van der Waals surface area contributed by atoms with Gasteiger partial charge in [-0.1, -0.05) is 18.2 Å². The van der Waals surface area contributed by atoms with E-state index in [1.807, 2.05) is 30.3 Å². The van der Waals surface area contributed by atoms with Crippen molar-refractivity contribution in [1.82, 2.24) is 4.98 Å². The first-order valence-corrected chi connectivity index (χ1v) is 4.93. The Kier molecular flexibility index (Phi) is 2.66. The Morgan fingerprint density at radius 3 is 3.00 bits per heavy atom. The molecule has 1 aromatic carbocycles. The second kappa shape index (κ2) is 3.95. The predicted octanol–water partition coefficient (Wildman–Crippen LogP) is 2.51. The summed E-state index contributed by atoms with van der Waals surface area (Å²) in [6, 6.07) is 9.55. The molecule has 14 heavy (non-hydrogen) atoms. The molecule has 0 aliphatic heterocycles. The molecule has 0 saturated heterocycles. The van der Waals surface area contributed by atoms with Crippen LogP contribution in [-0.2, 0) is 0 Å². The van der Waals surface area contributed by atoms with Crippen LogP contribution in [0.25, 0.3) is 10.9 Å². The Morgan fingerprint density at radius 1 is 1.36 bits per heavy atom. The molecule has 2 aromatic rings. The molecule has 0 fully saturated rings. The fourth-order valence-electron chi connectivity index (χ4n) is 1.38. The molecule has 1 unspecified atom stereocenters. The molecule has 0 aliphatic carbocycles. The smallest absolute Gasteiger partial charge is 0.0926 e. The third-order valence-electron chi connectivity index (χ3n) is 2.16. The summed E-state index contributed by atoms with van der Waals surface area (Å²) in [5.74, 6) is 0.207. The highest BCUT2D eigenvalue weighted by Gasteiger charge is 2.06. The van der Waals surface area contributed by atoms with Gasteiger partial charge in [-0.05, 0) is 17.7 Å². The van der Waals surface area contributed by atoms with Crippen LogP contribution in [-0.4, -0.2) is 16.0 Å². The molecule has 0 amide bonds. The zero-order valence-corrected chi connectivity index (χ0v) is 8.28. The molecule has 0 aliphatic rings. The molecule has 2 rings (SSSR count). The third-order valence-corrected chi connectivity index (χ3v) is 2.45. The van der Waals surface area contributed by atoms with Crippen molar-refractivity contribution < 1.29 is 5.11 Å². The molecule has 1 aromatic heterocycles. The van der Waals surface area contributed by atoms with Crippen LogP contribution in [0.2, 0.25) is 0 Å². The minimum atomic E-state index is -0.608. The Bertz CT molecular complexity index is 444. The minimum Gasteiger partial charge on any atom is -0.387 e. The number of nitrogens with zero attached hydrogens (tertiary/aromatic N) is 1. The lowest BCUT2D eigenvalue weighted by Gasteiger charge is -2.07. The number of aliphatic hydroxyl groups excluding tert-OH is 1. The molecular formula is C11H10ClNO. The Morgan fingerprint density at radius 2 is 2.21 bits per heavy atom. The maximum absolute atomic E-state index is 9.53. The van der Waals surface area contributed by atoms with E-state index in [2.05, 4.69) is 4.98 Å². The zero-order chi connectivity index (χ0) is 9.97. The van der Waals surface area contributed by atoms with Gasteiger partial charge in [0.1, 0.15) is 0 Å². The van der Waals surface area contributed by atoms with Crippen molar-refractivity contribution in [3.05, 3.63) is 42.1 Å². The van der Waals surface area contributed by atoms with Gasteiger partial charge in [0, 0.05) is 11.6 Å². The molecule has 1 atom stereocenters. The number of hydrogen-bond donors (Lipinski definition) is 1. The van der Waals surface area contributed by atoms with E-state index in [4.69, 9.17) is 11.6 Å². The highest BCUT2D eigenvalue weighted by molar-refractivity contribution is 6.18. The van der Waals surface area contributed by atoms with Crippen LogP contribution in [0, 0.1) is 0 Å². The molecule has 0 radical (unpaired) electrons. The number of rotatable bonds is 2. The summed E-state index contributed by atoms with van der Waals surface area (Å²) >= 11 is 5.57. The van der Waals surface area contributed by atoms with Gasteiger partial charge in [-0.25, -0.2) is 0 Å². The fraction of sp³-hybridized carbons (Fsp3) is 0.182. The lowest BCUT2D eigenvalue weighted by molar-refractivity contribution is 0.203. The van der Waals surface area contributed by atoms with Crippen molar-refractivity contribution in [2.45, 2.75) is 6.10 Å². The van der Waals surface area contributed by atoms with Crippen LogP contribution in [0.15, 0.2) is 36.5 Å². The summed E-state index contributed by atoms with van der Waals surface area (Å²) in [7, 11) is 0. The van der Waals surface area contributed by atoms with Crippen LogP contribution in [0.1, 0.15) is 11.7 Å². The zero-order valence-electron chi connectivity index (χ0n) is 7.52. The summed E-state index contributed by atoms with van der Waals surface area (Å²) in [5, 5.41) is 10.6. The van der Waals surface area contributed by atoms with Crippen LogP contribution in [0.3, 0.4) is 0 Å². The van der Waals surface area contributed by atoms with Crippen molar-refractivity contribution in [3.63, 3.8) is 0 Å². The van der Waals surface area contributed by atoms with Crippen molar-refractivity contribution >= 4 is 22.5 Å². The normalized spacial score (nSPS) is 13.0. The average molecular weight is 208 g/mol. The Labute approximate surface area is 87.2 Å². The maximum Gasteiger partial charge on any atom is 0.0926 e. The Balaban J connectivity index is 2.51. The number of aromatic nitrogens is 1. The van der Waals surface area contributed by atoms with Crippen LogP contribution in [0.4, 0.5) is 0 Å². The van der Waals surface area contributed by atoms with Gasteiger partial charge < -0.3 is 5.11 Å². The molecule has 2 nitrogen and oxygen atoms in total. The van der Waals surface area contributed by atoms with Crippen LogP contribution in [0.5, 0.6) is 0 Å². The number of pyridine rings is 1. The van der Waals surface area contributed by atoms with E-state index in [1.165, 1.54) is 0 Å². The number of fused-ring (bicyclic) bond motifs is 1. The Hall–Kier alpha value is -1.12. The van der Waals surface area contributed by atoms with E-state index >= 15 is 0 Å². The standard InChI is InChI=1S/C11H10ClNO/c12-7-11(14)9-4-3-8-2-1-5-13-10(8)6-9/h1-6,11,14H,7H2. The summed E-state index contributed by atoms with van der Waals surface area (Å²) < 4.78 is 0. The van der Waals surface area contributed by atoms with Gasteiger partial charge in [-0.2, -0.15) is 0 Å². The number of benzene rings is 1. The van der Waals surface area contributed by atoms with Crippen molar-refractivity contribution in [3.8, 4) is 0 Å². The highest BCUT2D eigenvalue weighted by atomic mass is 35.5. The average Bonchev–Trinajstić information content (AvgIpc) is 2.27. The van der Waals surface area contributed by atoms with Crippen LogP contribution >= 0.6 is 11.6 Å². The SMILES string of the molecule is OC(CCl)c1ccc2cccnc2c1. The summed E-state index contributed by atoms with van der Waals surface area (Å²) in [6.45, 7) is 0. The highest BCUT2D eigenvalue weighted by Crippen LogP contribution is 2.19. The third kappa shape index (κ3) is 1.72. The molecule has 3 heteroatoms. The van der Waals surface area contributed by atoms with Gasteiger partial charge in [0.05, 0.1) is 17.5 Å². The van der Waals surface area contributed by atoms with E-state index in [1.54, 1.807) is 6.20 Å². The first-order valence-electron chi connectivity index (χ1n) is 4.40. The first kappa shape index (κ1) is 9.44. The maximum atomic E-state index is 9.53. The largest absolute Gasteiger partial charge is 0.387 e. The lowest BCUT2D eigenvalue weighted by Crippen LogP contribution is -1.98. The molecule has 72 valence electrons. The number of hydrogen-bond acceptors (Lipinski definition) is 2. The molecule has 0 spiro atoms. The summed E-state index contributed by atoms with van der Waals surface area (Å²) in [6.07, 6.45) is 1.13. The van der Waals surface area contributed by atoms with Gasteiger partial charge in [-0.3, -0.25) is 4.98 Å². The van der Waals surface area contributed by atoms with Gasteiger partial charge in [-0.15, -0.1) is 11.6 Å². The minimum absolute atomic E-state index is 0.207. The van der Waals surface area contributed by atoms with Crippen LogP contribution < -0.4 is 0 Å². The van der Waals surface area contributed by atoms with E-state index < -0.39 is 6.10 Å². The second-order valence-corrected chi connectivity index (χ2v) is 3.43. The summed E-state index contributed by atoms with van der Waals surface area (Å²) in [5.41, 5.74) is 1.69. The predicted molar refractivity (Wildman–Crippen MR) is 57.4 cm³/mol. The molecule has 1 N–H and O–H groups in total. The van der Waals surface area contributed by atoms with Crippen molar-refractivity contribution in [2.24, 2.45) is 0 Å². The first-order chi connectivity index (χ1) is 6.81. The summed E-state index contributed by atoms with van der Waals surface area (Å²) in [4.78, 5) is 4.20. The lowest BCUT2D eigenvalue weighted by atomic mass is 10.1. The molecular weight excluding hydrogens is 198 g/mol. The van der Waals surface area contributed by atoms with E-state index in [9.17, 15) is 5.11 Å². The van der Waals surface area contributed by atoms with E-state index in [-0.39, 0.29) is 5.88 Å². The molecule has 1 heterocycles. The van der Waals surface area contributed by atoms with E-state index in [0.29, 0.717) is 0 Å².